The van der Waals surface area contributed by atoms with Crippen LogP contribution in [0, 0.1) is 11.3 Å². The van der Waals surface area contributed by atoms with Gasteiger partial charge in [0.1, 0.15) is 11.8 Å². The van der Waals surface area contributed by atoms with Crippen LogP contribution < -0.4 is 20.9 Å². The first kappa shape index (κ1) is 14.1. The third-order valence-corrected chi connectivity index (χ3v) is 3.09. The molecule has 0 saturated heterocycles. The molecule has 0 aliphatic heterocycles. The van der Waals surface area contributed by atoms with Crippen molar-refractivity contribution in [2.24, 2.45) is 0 Å². The molecular formula is C14H11ClN2O3. The summed E-state index contributed by atoms with van der Waals surface area (Å²) in [5.74, 6) is 0.0808. The number of hydrogen-bond donors (Lipinski definition) is 1. The minimum absolute atomic E-state index is 0.0808. The van der Waals surface area contributed by atoms with Crippen molar-refractivity contribution in [3.63, 3.8) is 0 Å². The highest BCUT2D eigenvalue weighted by atomic mass is 35.5. The van der Waals surface area contributed by atoms with E-state index in [0.717, 1.165) is 5.56 Å². The van der Waals surface area contributed by atoms with Crippen molar-refractivity contribution in [3.8, 4) is 11.8 Å². The molecule has 2 aromatic carbocycles. The van der Waals surface area contributed by atoms with Gasteiger partial charge in [0.15, 0.2) is 5.75 Å². The van der Waals surface area contributed by atoms with E-state index in [-0.39, 0.29) is 11.4 Å². The molecule has 0 atom stereocenters. The molecule has 1 N–H and O–H groups in total. The van der Waals surface area contributed by atoms with Gasteiger partial charge in [0.25, 0.3) is 10.9 Å². The number of ether oxygens (including phenoxy) is 1. The average Bonchev–Trinajstić information content (AvgIpc) is 2.46. The summed E-state index contributed by atoms with van der Waals surface area (Å²) in [6.07, 6.45) is 0. The second-order valence-corrected chi connectivity index (χ2v) is 4.48. The molecule has 0 unspecified atom stereocenters. The van der Waals surface area contributed by atoms with Gasteiger partial charge in [-0.15, -0.1) is 0 Å². The highest BCUT2D eigenvalue weighted by Crippen LogP contribution is 2.20. The smallest absolute Gasteiger partial charge is 0.272 e. The zero-order chi connectivity index (χ0) is 14.7. The van der Waals surface area contributed by atoms with E-state index in [1.165, 1.54) is 0 Å². The van der Waals surface area contributed by atoms with E-state index in [4.69, 9.17) is 21.6 Å². The molecule has 0 radical (unpaired) electrons. The summed E-state index contributed by atoms with van der Waals surface area (Å²) in [5.41, 5.74) is 0.196. The Morgan fingerprint density at radius 2 is 2.10 bits per heavy atom. The summed E-state index contributed by atoms with van der Waals surface area (Å²) in [4.78, 5) is 22.7. The Bertz CT molecular complexity index is 755. The van der Waals surface area contributed by atoms with Crippen molar-refractivity contribution in [2.45, 2.75) is 13.5 Å². The lowest BCUT2D eigenvalue weighted by Crippen LogP contribution is -2.35. The maximum absolute atomic E-state index is 11.4. The van der Waals surface area contributed by atoms with Crippen LogP contribution in [0.5, 0.6) is 5.75 Å². The Labute approximate surface area is 120 Å². The molecule has 5 nitrogen and oxygen atoms in total. The first-order valence-electron chi connectivity index (χ1n) is 5.97. The highest BCUT2D eigenvalue weighted by molar-refractivity contribution is 6.31. The van der Waals surface area contributed by atoms with Gasteiger partial charge in [-0.1, -0.05) is 17.7 Å². The van der Waals surface area contributed by atoms with Crippen LogP contribution in [0.2, 0.25) is 5.02 Å². The lowest BCUT2D eigenvalue weighted by molar-refractivity contribution is 0.334. The summed E-state index contributed by atoms with van der Waals surface area (Å²) in [6.45, 7) is 2.37. The van der Waals surface area contributed by atoms with E-state index < -0.39 is 10.9 Å². The van der Waals surface area contributed by atoms with Crippen molar-refractivity contribution in [3.05, 3.63) is 54.8 Å². The van der Waals surface area contributed by atoms with Crippen molar-refractivity contribution < 1.29 is 4.74 Å². The lowest BCUT2D eigenvalue weighted by Gasteiger charge is -2.13. The predicted molar refractivity (Wildman–Crippen MR) is 76.0 cm³/mol. The molecule has 2 aromatic rings. The van der Waals surface area contributed by atoms with Gasteiger partial charge in [-0.3, -0.25) is 9.59 Å². The summed E-state index contributed by atoms with van der Waals surface area (Å²) in [5, 5.41) is 12.0. The monoisotopic (exact) mass is 290 g/mol. The normalized spacial score (nSPS) is 10.2. The number of nitriles is 1. The number of benzene rings is 1. The molecule has 0 spiro atoms. The Kier molecular flexibility index (Phi) is 4.06. The van der Waals surface area contributed by atoms with Gasteiger partial charge in [0.05, 0.1) is 17.2 Å². The van der Waals surface area contributed by atoms with Crippen LogP contribution in [0.15, 0.2) is 27.8 Å². The third kappa shape index (κ3) is 2.51. The Morgan fingerprint density at radius 3 is 2.70 bits per heavy atom. The largest absolute Gasteiger partial charge is 0.488 e. The predicted octanol–water partition coefficient (Wildman–Crippen LogP) is 1.82. The maximum atomic E-state index is 11.4. The van der Waals surface area contributed by atoms with Crippen molar-refractivity contribution in [2.75, 3.05) is 11.9 Å². The fourth-order valence-corrected chi connectivity index (χ4v) is 2.01. The molecule has 2 rings (SSSR count). The maximum Gasteiger partial charge on any atom is 0.272 e. The van der Waals surface area contributed by atoms with E-state index in [0.29, 0.717) is 23.7 Å². The standard InChI is InChI=1S/C14H11ClN2O3/c1-2-20-14-11(12(18)13(14)19)17-7-8-3-4-9(6-16)10(15)5-8/h3-5,17H,2,7H2,1H3. The molecular weight excluding hydrogens is 280 g/mol. The van der Waals surface area contributed by atoms with Crippen molar-refractivity contribution in [1.82, 2.24) is 0 Å². The molecule has 0 amide bonds. The molecule has 0 aromatic heterocycles. The van der Waals surface area contributed by atoms with Crippen LogP contribution in [0.3, 0.4) is 0 Å². The Hall–Kier alpha value is -2.32. The second-order valence-electron chi connectivity index (χ2n) is 4.07. The second kappa shape index (κ2) is 5.76. The molecule has 0 heterocycles. The van der Waals surface area contributed by atoms with Crippen molar-refractivity contribution in [1.29, 1.82) is 5.26 Å². The molecule has 6 heteroatoms. The summed E-state index contributed by atoms with van der Waals surface area (Å²) in [7, 11) is 0. The number of rotatable bonds is 5. The molecule has 0 aliphatic carbocycles. The molecule has 0 fully saturated rings. The number of nitrogens with zero attached hydrogens (tertiary/aromatic N) is 1. The first-order chi connectivity index (χ1) is 9.58. The third-order valence-electron chi connectivity index (χ3n) is 2.78. The van der Waals surface area contributed by atoms with E-state index in [1.807, 2.05) is 6.07 Å². The van der Waals surface area contributed by atoms with Crippen LogP contribution >= 0.6 is 11.6 Å². The number of anilines is 1. The van der Waals surface area contributed by atoms with Gasteiger partial charge in [0, 0.05) is 6.54 Å². The lowest BCUT2D eigenvalue weighted by atomic mass is 10.1. The Morgan fingerprint density at radius 1 is 1.35 bits per heavy atom. The van der Waals surface area contributed by atoms with E-state index in [9.17, 15) is 9.59 Å². The fraction of sp³-hybridized carbons (Fsp3) is 0.214. The van der Waals surface area contributed by atoms with Crippen LogP contribution in [-0.2, 0) is 6.54 Å². The minimum atomic E-state index is -0.604. The average molecular weight is 291 g/mol. The molecule has 0 saturated carbocycles. The quantitative estimate of drug-likeness (QED) is 0.850. The molecule has 0 aliphatic rings. The van der Waals surface area contributed by atoms with Crippen LogP contribution in [0.4, 0.5) is 5.69 Å². The zero-order valence-electron chi connectivity index (χ0n) is 10.7. The minimum Gasteiger partial charge on any atom is -0.488 e. The summed E-state index contributed by atoms with van der Waals surface area (Å²) < 4.78 is 5.10. The van der Waals surface area contributed by atoms with Gasteiger partial charge in [0.2, 0.25) is 0 Å². The number of nitrogens with one attached hydrogen (secondary N) is 1. The number of halogens is 1. The van der Waals surface area contributed by atoms with Gasteiger partial charge in [-0.05, 0) is 24.6 Å². The SMILES string of the molecule is CCOc1c(NCc2ccc(C#N)c(Cl)c2)c(=O)c1=O. The van der Waals surface area contributed by atoms with E-state index in [1.54, 1.807) is 25.1 Å². The molecule has 102 valence electrons. The van der Waals surface area contributed by atoms with E-state index >= 15 is 0 Å². The molecule has 0 bridgehead atoms. The van der Waals surface area contributed by atoms with Gasteiger partial charge >= 0.3 is 0 Å². The van der Waals surface area contributed by atoms with Crippen LogP contribution in [0.25, 0.3) is 0 Å². The number of hydrogen-bond acceptors (Lipinski definition) is 5. The summed E-state index contributed by atoms with van der Waals surface area (Å²) in [6, 6.07) is 6.93. The van der Waals surface area contributed by atoms with Gasteiger partial charge in [-0.2, -0.15) is 5.26 Å². The fourth-order valence-electron chi connectivity index (χ4n) is 1.76. The Balaban J connectivity index is 2.12. The highest BCUT2D eigenvalue weighted by Gasteiger charge is 2.21. The molecule has 20 heavy (non-hydrogen) atoms. The van der Waals surface area contributed by atoms with E-state index in [2.05, 4.69) is 5.32 Å². The summed E-state index contributed by atoms with van der Waals surface area (Å²) >= 11 is 5.91. The van der Waals surface area contributed by atoms with Crippen LogP contribution in [0.1, 0.15) is 18.1 Å². The van der Waals surface area contributed by atoms with Gasteiger partial charge < -0.3 is 10.1 Å². The zero-order valence-corrected chi connectivity index (χ0v) is 11.5. The topological polar surface area (TPSA) is 79.2 Å². The first-order valence-corrected chi connectivity index (χ1v) is 6.34. The van der Waals surface area contributed by atoms with Crippen molar-refractivity contribution >= 4 is 17.3 Å². The van der Waals surface area contributed by atoms with Gasteiger partial charge in [-0.25, -0.2) is 0 Å². The van der Waals surface area contributed by atoms with Crippen LogP contribution in [-0.4, -0.2) is 6.61 Å².